The van der Waals surface area contributed by atoms with Gasteiger partial charge >= 0.3 is 0 Å². The van der Waals surface area contributed by atoms with Crippen LogP contribution in [0.4, 0.5) is 0 Å². The highest BCUT2D eigenvalue weighted by atomic mass is 16.2. The molecule has 0 spiro atoms. The van der Waals surface area contributed by atoms with E-state index in [0.29, 0.717) is 6.61 Å². The summed E-state index contributed by atoms with van der Waals surface area (Å²) in [4.78, 5) is 10.0. The lowest BCUT2D eigenvalue weighted by molar-refractivity contribution is 0.112. The van der Waals surface area contributed by atoms with E-state index in [2.05, 4.69) is 20.8 Å². The molecule has 1 aromatic rings. The number of hydrogen-bond acceptors (Lipinski definition) is 2. The van der Waals surface area contributed by atoms with Crippen LogP contribution >= 0.6 is 0 Å². The number of rotatable bonds is 19. The van der Waals surface area contributed by atoms with Crippen LogP contribution in [0.1, 0.15) is 153 Å². The van der Waals surface area contributed by atoms with Gasteiger partial charge in [-0.3, -0.25) is 4.79 Å². The largest absolute Gasteiger partial charge is 0.396 e. The highest BCUT2D eigenvalue weighted by Gasteiger charge is 1.93. The van der Waals surface area contributed by atoms with Gasteiger partial charge in [-0.15, -0.1) is 0 Å². The van der Waals surface area contributed by atoms with E-state index < -0.39 is 0 Å². The molecule has 0 unspecified atom stereocenters. The average Bonchev–Trinajstić information content (AvgIpc) is 2.84. The average molecular weight is 449 g/mol. The quantitative estimate of drug-likeness (QED) is 0.169. The molecule has 1 aromatic carbocycles. The normalized spacial score (nSPS) is 10.0. The summed E-state index contributed by atoms with van der Waals surface area (Å²) < 4.78 is 0. The fourth-order valence-corrected chi connectivity index (χ4v) is 3.51. The first-order chi connectivity index (χ1) is 15.8. The third-order valence-corrected chi connectivity index (χ3v) is 5.65. The van der Waals surface area contributed by atoms with Gasteiger partial charge in [-0.05, 0) is 6.42 Å². The summed E-state index contributed by atoms with van der Waals surface area (Å²) >= 11 is 0. The summed E-state index contributed by atoms with van der Waals surface area (Å²) in [6.45, 7) is 7.06. The van der Waals surface area contributed by atoms with Crippen molar-refractivity contribution in [3.05, 3.63) is 35.9 Å². The topological polar surface area (TPSA) is 37.3 Å². The molecule has 32 heavy (non-hydrogen) atoms. The second-order valence-corrected chi connectivity index (χ2v) is 8.91. The standard InChI is InChI=1S/C18H38.C7H6O.C5H12O/c1-3-5-7-9-11-13-15-17-18-16-14-12-10-8-6-4-2;8-6-7-4-2-1-3-5-7;1-2-3-4-5-6/h3-18H2,1-2H3;1-6H;6H,2-5H2,1H3. The summed E-state index contributed by atoms with van der Waals surface area (Å²) in [5.41, 5.74) is 0.729. The van der Waals surface area contributed by atoms with Crippen LogP contribution in [-0.4, -0.2) is 18.0 Å². The van der Waals surface area contributed by atoms with Crippen molar-refractivity contribution in [2.24, 2.45) is 0 Å². The van der Waals surface area contributed by atoms with Crippen molar-refractivity contribution in [1.29, 1.82) is 0 Å². The lowest BCUT2D eigenvalue weighted by Crippen LogP contribution is -1.83. The van der Waals surface area contributed by atoms with Crippen LogP contribution in [0.3, 0.4) is 0 Å². The summed E-state index contributed by atoms with van der Waals surface area (Å²) in [6.07, 6.45) is 27.6. The van der Waals surface area contributed by atoms with E-state index in [-0.39, 0.29) is 0 Å². The van der Waals surface area contributed by atoms with E-state index in [0.717, 1.165) is 24.7 Å². The molecule has 0 aromatic heterocycles. The fourth-order valence-electron chi connectivity index (χ4n) is 3.51. The van der Waals surface area contributed by atoms with Crippen LogP contribution in [0, 0.1) is 0 Å². The summed E-state index contributed by atoms with van der Waals surface area (Å²) in [5.74, 6) is 0. The Morgan fingerprint density at radius 1 is 0.531 bits per heavy atom. The molecule has 188 valence electrons. The van der Waals surface area contributed by atoms with Crippen molar-refractivity contribution in [2.75, 3.05) is 6.61 Å². The Morgan fingerprint density at radius 3 is 1.06 bits per heavy atom. The van der Waals surface area contributed by atoms with Gasteiger partial charge in [-0.1, -0.05) is 167 Å². The maximum atomic E-state index is 10.0. The molecular formula is C30H56O2. The third kappa shape index (κ3) is 31.0. The molecule has 0 fully saturated rings. The van der Waals surface area contributed by atoms with Gasteiger partial charge in [0.25, 0.3) is 0 Å². The van der Waals surface area contributed by atoms with Crippen LogP contribution in [-0.2, 0) is 0 Å². The molecule has 0 atom stereocenters. The SMILES string of the molecule is CCCCCCCCCCCCCCCCCC.CCCCCO.O=Cc1ccccc1. The van der Waals surface area contributed by atoms with E-state index in [1.807, 2.05) is 18.2 Å². The first kappa shape index (κ1) is 33.0. The number of hydrogen-bond donors (Lipinski definition) is 1. The molecule has 1 N–H and O–H groups in total. The van der Waals surface area contributed by atoms with Crippen molar-refractivity contribution in [1.82, 2.24) is 0 Å². The molecule has 0 aliphatic heterocycles. The van der Waals surface area contributed by atoms with E-state index in [1.54, 1.807) is 12.1 Å². The zero-order valence-electron chi connectivity index (χ0n) is 22.0. The molecule has 2 nitrogen and oxygen atoms in total. The number of aliphatic hydroxyl groups excluding tert-OH is 1. The summed E-state index contributed by atoms with van der Waals surface area (Å²) in [5, 5.41) is 8.20. The van der Waals surface area contributed by atoms with Gasteiger partial charge in [-0.2, -0.15) is 0 Å². The van der Waals surface area contributed by atoms with Gasteiger partial charge < -0.3 is 5.11 Å². The lowest BCUT2D eigenvalue weighted by Gasteiger charge is -2.03. The highest BCUT2D eigenvalue weighted by molar-refractivity contribution is 5.74. The van der Waals surface area contributed by atoms with E-state index in [9.17, 15) is 4.79 Å². The van der Waals surface area contributed by atoms with Gasteiger partial charge in [0.15, 0.2) is 0 Å². The number of benzene rings is 1. The Balaban J connectivity index is 0. The molecule has 0 radical (unpaired) electrons. The minimum atomic E-state index is 0.355. The third-order valence-electron chi connectivity index (χ3n) is 5.65. The van der Waals surface area contributed by atoms with Gasteiger partial charge in [0.2, 0.25) is 0 Å². The van der Waals surface area contributed by atoms with Crippen LogP contribution in [0.2, 0.25) is 0 Å². The Bertz CT molecular complexity index is 410. The van der Waals surface area contributed by atoms with E-state index in [4.69, 9.17) is 5.11 Å². The Kier molecular flexibility index (Phi) is 33.1. The van der Waals surface area contributed by atoms with Crippen LogP contribution in [0.25, 0.3) is 0 Å². The van der Waals surface area contributed by atoms with Crippen molar-refractivity contribution >= 4 is 6.29 Å². The molecular weight excluding hydrogens is 392 g/mol. The maximum Gasteiger partial charge on any atom is 0.150 e. The molecule has 0 aliphatic carbocycles. The van der Waals surface area contributed by atoms with Crippen LogP contribution in [0.5, 0.6) is 0 Å². The highest BCUT2D eigenvalue weighted by Crippen LogP contribution is 2.13. The molecule has 2 heteroatoms. The monoisotopic (exact) mass is 448 g/mol. The first-order valence-corrected chi connectivity index (χ1v) is 13.9. The van der Waals surface area contributed by atoms with Gasteiger partial charge in [0, 0.05) is 12.2 Å². The van der Waals surface area contributed by atoms with Gasteiger partial charge in [0.05, 0.1) is 0 Å². The predicted octanol–water partition coefficient (Wildman–Crippen LogP) is 9.94. The van der Waals surface area contributed by atoms with Crippen molar-refractivity contribution in [3.63, 3.8) is 0 Å². The number of carbonyl (C=O) groups is 1. The maximum absolute atomic E-state index is 10.0. The fraction of sp³-hybridized carbons (Fsp3) is 0.767. The predicted molar refractivity (Wildman–Crippen MR) is 144 cm³/mol. The van der Waals surface area contributed by atoms with Gasteiger partial charge in [-0.25, -0.2) is 0 Å². The molecule has 0 bridgehead atoms. The number of carbonyl (C=O) groups excluding carboxylic acids is 1. The Morgan fingerprint density at radius 2 is 0.844 bits per heavy atom. The van der Waals surface area contributed by atoms with Crippen LogP contribution in [0.15, 0.2) is 30.3 Å². The van der Waals surface area contributed by atoms with Crippen molar-refractivity contribution in [3.8, 4) is 0 Å². The van der Waals surface area contributed by atoms with Crippen LogP contribution < -0.4 is 0 Å². The minimum absolute atomic E-state index is 0.355. The number of aldehydes is 1. The molecule has 0 saturated carbocycles. The smallest absolute Gasteiger partial charge is 0.150 e. The van der Waals surface area contributed by atoms with Crippen molar-refractivity contribution < 1.29 is 9.90 Å². The van der Waals surface area contributed by atoms with Gasteiger partial charge in [0.1, 0.15) is 6.29 Å². The summed E-state index contributed by atoms with van der Waals surface area (Å²) in [6, 6.07) is 9.10. The van der Waals surface area contributed by atoms with Crippen molar-refractivity contribution in [2.45, 2.75) is 143 Å². The zero-order chi connectivity index (χ0) is 24.0. The summed E-state index contributed by atoms with van der Waals surface area (Å²) in [7, 11) is 0. The molecule has 1 rings (SSSR count). The zero-order valence-corrected chi connectivity index (χ0v) is 22.0. The second-order valence-electron chi connectivity index (χ2n) is 8.91. The van der Waals surface area contributed by atoms with E-state index in [1.165, 1.54) is 109 Å². The molecule has 0 saturated heterocycles. The minimum Gasteiger partial charge on any atom is -0.396 e. The first-order valence-electron chi connectivity index (χ1n) is 13.9. The van der Waals surface area contributed by atoms with E-state index >= 15 is 0 Å². The Labute approximate surface area is 201 Å². The lowest BCUT2D eigenvalue weighted by atomic mass is 10.0. The molecule has 0 aliphatic rings. The number of unbranched alkanes of at least 4 members (excludes halogenated alkanes) is 17. The molecule has 0 amide bonds. The molecule has 0 heterocycles. The number of aliphatic hydroxyl groups is 1. The second kappa shape index (κ2) is 32.0. The Hall–Kier alpha value is -1.15.